The van der Waals surface area contributed by atoms with Gasteiger partial charge in [-0.3, -0.25) is 4.98 Å². The third-order valence-electron chi connectivity index (χ3n) is 3.60. The van der Waals surface area contributed by atoms with Crippen molar-refractivity contribution in [1.82, 2.24) is 10.3 Å². The first-order valence-electron chi connectivity index (χ1n) is 6.70. The summed E-state index contributed by atoms with van der Waals surface area (Å²) < 4.78 is 1.99. The van der Waals surface area contributed by atoms with Crippen LogP contribution in [0.1, 0.15) is 17.5 Å². The van der Waals surface area contributed by atoms with Crippen LogP contribution in [0.15, 0.2) is 65.7 Å². The molecule has 0 unspecified atom stereocenters. The van der Waals surface area contributed by atoms with Crippen molar-refractivity contribution in [3.8, 4) is 6.07 Å². The third kappa shape index (κ3) is 2.56. The molecule has 3 rings (SSSR count). The lowest BCUT2D eigenvalue weighted by molar-refractivity contribution is -0.708. The average molecular weight is 324 g/mol. The van der Waals surface area contributed by atoms with Gasteiger partial charge in [0, 0.05) is 30.1 Å². The Bertz CT molecular complexity index is 766. The van der Waals surface area contributed by atoms with Crippen molar-refractivity contribution in [1.29, 1.82) is 5.26 Å². The number of nitriles is 1. The second-order valence-corrected chi connectivity index (χ2v) is 5.72. The number of allylic oxidation sites excluding steroid dienone is 1. The molecule has 0 saturated carbocycles. The zero-order valence-electron chi connectivity index (χ0n) is 11.5. The summed E-state index contributed by atoms with van der Waals surface area (Å²) >= 11 is 10.8. The predicted octanol–water partition coefficient (Wildman–Crippen LogP) is 1.91. The van der Waals surface area contributed by atoms with Crippen LogP contribution in [-0.4, -0.2) is 9.97 Å². The first kappa shape index (κ1) is 14.6. The molecular formula is C16H12N4S2. The highest BCUT2D eigenvalue weighted by Crippen LogP contribution is 2.36. The van der Waals surface area contributed by atoms with Crippen molar-refractivity contribution in [3.63, 3.8) is 0 Å². The maximum absolute atomic E-state index is 9.56. The lowest BCUT2D eigenvalue weighted by Crippen LogP contribution is -2.52. The van der Waals surface area contributed by atoms with Crippen LogP contribution < -0.4 is 9.88 Å². The Morgan fingerprint density at radius 2 is 2.05 bits per heavy atom. The van der Waals surface area contributed by atoms with Crippen molar-refractivity contribution < 1.29 is 4.57 Å². The van der Waals surface area contributed by atoms with Gasteiger partial charge in [0.2, 0.25) is 6.04 Å². The quantitative estimate of drug-likeness (QED) is 0.519. The van der Waals surface area contributed by atoms with Gasteiger partial charge >= 0.3 is 0 Å². The molecule has 0 spiro atoms. The summed E-state index contributed by atoms with van der Waals surface area (Å²) in [4.78, 5) is 4.77. The third-order valence-corrected chi connectivity index (χ3v) is 4.27. The summed E-state index contributed by atoms with van der Waals surface area (Å²) in [5.74, 6) is -0.243. The second-order valence-electron chi connectivity index (χ2n) is 4.88. The Morgan fingerprint density at radius 1 is 1.27 bits per heavy atom. The zero-order valence-corrected chi connectivity index (χ0v) is 13.1. The minimum atomic E-state index is -0.243. The van der Waals surface area contributed by atoms with Gasteiger partial charge in [0.05, 0.1) is 12.0 Å². The smallest absolute Gasteiger partial charge is 0.219 e. The van der Waals surface area contributed by atoms with Crippen LogP contribution in [0.3, 0.4) is 0 Å². The second kappa shape index (κ2) is 6.18. The Morgan fingerprint density at radius 3 is 2.68 bits per heavy atom. The number of aromatic nitrogens is 2. The Kier molecular flexibility index (Phi) is 4.09. The van der Waals surface area contributed by atoms with Gasteiger partial charge in [0.25, 0.3) is 0 Å². The molecule has 6 heteroatoms. The molecule has 4 nitrogen and oxygen atoms in total. The van der Waals surface area contributed by atoms with E-state index < -0.39 is 0 Å². The molecule has 22 heavy (non-hydrogen) atoms. The van der Waals surface area contributed by atoms with Crippen molar-refractivity contribution in [2.45, 2.75) is 12.0 Å². The van der Waals surface area contributed by atoms with Crippen LogP contribution in [-0.2, 0) is 12.6 Å². The molecule has 0 radical (unpaired) electrons. The molecule has 0 amide bonds. The molecule has 0 bridgehead atoms. The van der Waals surface area contributed by atoms with E-state index in [1.54, 1.807) is 12.4 Å². The topological polar surface area (TPSA) is 52.6 Å². The predicted molar refractivity (Wildman–Crippen MR) is 88.4 cm³/mol. The highest BCUT2D eigenvalue weighted by atomic mass is 32.1. The van der Waals surface area contributed by atoms with Gasteiger partial charge in [0.1, 0.15) is 4.99 Å². The van der Waals surface area contributed by atoms with E-state index in [9.17, 15) is 5.26 Å². The zero-order chi connectivity index (χ0) is 15.5. The first-order chi connectivity index (χ1) is 10.7. The van der Waals surface area contributed by atoms with Crippen LogP contribution in [0.2, 0.25) is 0 Å². The molecule has 3 heterocycles. The molecule has 108 valence electrons. The molecule has 1 aliphatic heterocycles. The van der Waals surface area contributed by atoms with Gasteiger partial charge in [-0.15, -0.1) is 0 Å². The lowest BCUT2D eigenvalue weighted by Gasteiger charge is -2.33. The van der Waals surface area contributed by atoms with Crippen molar-refractivity contribution in [3.05, 3.63) is 71.3 Å². The van der Waals surface area contributed by atoms with E-state index in [4.69, 9.17) is 24.8 Å². The normalized spacial score (nSPS) is 21.1. The van der Waals surface area contributed by atoms with E-state index in [0.29, 0.717) is 15.6 Å². The van der Waals surface area contributed by atoms with Crippen LogP contribution in [0, 0.1) is 11.3 Å². The molecule has 1 aliphatic rings. The van der Waals surface area contributed by atoms with Crippen molar-refractivity contribution >= 4 is 29.8 Å². The molecule has 0 saturated heterocycles. The van der Waals surface area contributed by atoms with Gasteiger partial charge in [-0.2, -0.15) is 9.83 Å². The minimum absolute atomic E-state index is 0.207. The standard InChI is InChI=1S/C16H12N4S2/c17-9-12-13(11-5-4-6-18-10-11)14(16(22)19-15(12)21)20-7-2-1-3-8-20/h1-8,10,13-14H,(H-,19,21,22)/t13-,14+/m1/s1. The molecule has 2 aromatic rings. The number of pyridine rings is 2. The highest BCUT2D eigenvalue weighted by Gasteiger charge is 2.40. The maximum atomic E-state index is 9.56. The lowest BCUT2D eigenvalue weighted by atomic mass is 9.84. The van der Waals surface area contributed by atoms with E-state index in [1.807, 2.05) is 47.3 Å². The Balaban J connectivity index is 2.19. The Labute approximate surface area is 139 Å². The number of thiocarbonyl (C=S) groups is 1. The summed E-state index contributed by atoms with van der Waals surface area (Å²) in [6.45, 7) is 0. The highest BCUT2D eigenvalue weighted by molar-refractivity contribution is 7.80. The van der Waals surface area contributed by atoms with E-state index in [2.05, 4.69) is 16.4 Å². The van der Waals surface area contributed by atoms with Gasteiger partial charge in [0.15, 0.2) is 12.4 Å². The molecule has 0 aromatic carbocycles. The minimum Gasteiger partial charge on any atom is -0.761 e. The van der Waals surface area contributed by atoms with Crippen molar-refractivity contribution in [2.75, 3.05) is 0 Å². The van der Waals surface area contributed by atoms with E-state index >= 15 is 0 Å². The van der Waals surface area contributed by atoms with Crippen LogP contribution in [0.4, 0.5) is 0 Å². The number of rotatable bonds is 2. The fourth-order valence-electron chi connectivity index (χ4n) is 2.64. The largest absolute Gasteiger partial charge is 0.761 e. The number of nitrogens with one attached hydrogen (secondary N) is 1. The summed E-state index contributed by atoms with van der Waals surface area (Å²) in [5.41, 5.74) is 1.43. The molecule has 1 N–H and O–H groups in total. The monoisotopic (exact) mass is 324 g/mol. The van der Waals surface area contributed by atoms with Gasteiger partial charge in [-0.1, -0.05) is 29.4 Å². The van der Waals surface area contributed by atoms with Gasteiger partial charge < -0.3 is 17.9 Å². The summed E-state index contributed by atoms with van der Waals surface area (Å²) in [7, 11) is 0. The summed E-state index contributed by atoms with van der Waals surface area (Å²) in [6, 6.07) is 11.6. The fraction of sp³-hybridized carbons (Fsp3) is 0.125. The van der Waals surface area contributed by atoms with Crippen LogP contribution in [0.25, 0.3) is 0 Å². The molecular weight excluding hydrogens is 312 g/mol. The number of hydrogen-bond acceptors (Lipinski definition) is 4. The Hall–Kier alpha value is -2.36. The molecule has 2 atom stereocenters. The number of nitrogens with zero attached hydrogens (tertiary/aromatic N) is 3. The molecule has 0 aliphatic carbocycles. The average Bonchev–Trinajstić information content (AvgIpc) is 2.56. The SMILES string of the molecule is N#CC1=C([S-])NC(=S)[C@@H]([n+]2ccccc2)[C@@H]1c1cccnc1. The van der Waals surface area contributed by atoms with E-state index in [0.717, 1.165) is 5.56 Å². The maximum Gasteiger partial charge on any atom is 0.219 e. The summed E-state index contributed by atoms with van der Waals surface area (Å²) in [5, 5.41) is 12.9. The van der Waals surface area contributed by atoms with Crippen LogP contribution in [0.5, 0.6) is 0 Å². The molecule has 2 aromatic heterocycles. The van der Waals surface area contributed by atoms with Crippen molar-refractivity contribution in [2.24, 2.45) is 0 Å². The van der Waals surface area contributed by atoms with Gasteiger partial charge in [-0.25, -0.2) is 0 Å². The molecule has 0 fully saturated rings. The first-order valence-corrected chi connectivity index (χ1v) is 7.52. The van der Waals surface area contributed by atoms with Crippen LogP contribution >= 0.6 is 12.2 Å². The van der Waals surface area contributed by atoms with E-state index in [-0.39, 0.29) is 12.0 Å². The van der Waals surface area contributed by atoms with E-state index in [1.165, 1.54) is 0 Å². The summed E-state index contributed by atoms with van der Waals surface area (Å²) in [6.07, 6.45) is 7.34. The number of hydrogen-bond donors (Lipinski definition) is 1. The fourth-order valence-corrected chi connectivity index (χ4v) is 3.34. The van der Waals surface area contributed by atoms with Gasteiger partial charge in [-0.05, 0) is 11.6 Å².